The number of anilines is 1. The Kier molecular flexibility index (Phi) is 4.80. The van der Waals surface area contributed by atoms with E-state index in [1.54, 1.807) is 24.9 Å². The van der Waals surface area contributed by atoms with Crippen LogP contribution in [0.15, 0.2) is 67.5 Å². The smallest absolute Gasteiger partial charge is 0.230 e. The van der Waals surface area contributed by atoms with E-state index in [-0.39, 0.29) is 0 Å². The summed E-state index contributed by atoms with van der Waals surface area (Å²) in [6, 6.07) is 12.4. The molecule has 0 aliphatic rings. The van der Waals surface area contributed by atoms with Gasteiger partial charge in [-0.3, -0.25) is 19.4 Å². The number of hydrogen-bond donors (Lipinski definition) is 1. The van der Waals surface area contributed by atoms with E-state index < -0.39 is 0 Å². The molecule has 0 fully saturated rings. The number of pyridine rings is 1. The van der Waals surface area contributed by atoms with Gasteiger partial charge in [0, 0.05) is 36.9 Å². The van der Waals surface area contributed by atoms with E-state index in [0.29, 0.717) is 29.5 Å². The Morgan fingerprint density at radius 2 is 1.81 bits per heavy atom. The molecule has 4 heterocycles. The van der Waals surface area contributed by atoms with E-state index in [9.17, 15) is 0 Å². The number of fused-ring (bicyclic) bond motifs is 1. The van der Waals surface area contributed by atoms with Crippen LogP contribution < -0.4 is 5.32 Å². The summed E-state index contributed by atoms with van der Waals surface area (Å²) in [5.41, 5.74) is 7.87. The van der Waals surface area contributed by atoms with Crippen molar-refractivity contribution in [2.24, 2.45) is 0 Å². The van der Waals surface area contributed by atoms with Crippen LogP contribution in [0.1, 0.15) is 16.8 Å². The fraction of sp³-hybridized carbons (Fsp3) is 0.130. The van der Waals surface area contributed by atoms with Crippen LogP contribution in [0.25, 0.3) is 28.2 Å². The lowest BCUT2D eigenvalue weighted by Gasteiger charge is -2.10. The van der Waals surface area contributed by atoms with Crippen molar-refractivity contribution in [1.29, 1.82) is 0 Å². The lowest BCUT2D eigenvalue weighted by Crippen LogP contribution is -2.04. The summed E-state index contributed by atoms with van der Waals surface area (Å²) in [5.74, 6) is 0.639. The lowest BCUT2D eigenvalue weighted by atomic mass is 9.98. The summed E-state index contributed by atoms with van der Waals surface area (Å²) in [6.07, 6.45) is 8.49. The molecule has 0 aliphatic heterocycles. The van der Waals surface area contributed by atoms with Crippen molar-refractivity contribution in [3.8, 4) is 22.5 Å². The molecule has 0 amide bonds. The summed E-state index contributed by atoms with van der Waals surface area (Å²) in [7, 11) is 0. The normalized spacial score (nSPS) is 11.0. The van der Waals surface area contributed by atoms with Gasteiger partial charge in [-0.1, -0.05) is 18.2 Å². The number of benzene rings is 1. The first kappa shape index (κ1) is 18.8. The highest BCUT2D eigenvalue weighted by Gasteiger charge is 2.09. The van der Waals surface area contributed by atoms with Crippen LogP contribution in [-0.2, 0) is 6.54 Å². The predicted molar refractivity (Wildman–Crippen MR) is 118 cm³/mol. The predicted octanol–water partition coefficient (Wildman–Crippen LogP) is 3.87. The third kappa shape index (κ3) is 3.83. The summed E-state index contributed by atoms with van der Waals surface area (Å²) in [5, 5.41) is 11.9. The molecule has 8 heteroatoms. The number of nitrogens with zero attached hydrogens (tertiary/aromatic N) is 7. The SMILES string of the molecule is Cc1cc(-c2ccc(CNc3nnc4cc(-c5cnccn5)ncn34)cc2C)ccn1. The minimum Gasteiger partial charge on any atom is -0.350 e. The van der Waals surface area contributed by atoms with Crippen LogP contribution in [0.5, 0.6) is 0 Å². The molecule has 0 bridgehead atoms. The third-order valence-electron chi connectivity index (χ3n) is 5.08. The molecule has 5 aromatic rings. The molecule has 1 aromatic carbocycles. The second-order valence-corrected chi connectivity index (χ2v) is 7.31. The Balaban J connectivity index is 1.34. The van der Waals surface area contributed by atoms with Crippen LogP contribution in [-0.4, -0.2) is 34.5 Å². The van der Waals surface area contributed by atoms with Crippen molar-refractivity contribution < 1.29 is 0 Å². The second-order valence-electron chi connectivity index (χ2n) is 7.31. The molecule has 0 atom stereocenters. The van der Waals surface area contributed by atoms with Crippen LogP contribution in [0.3, 0.4) is 0 Å². The number of aryl methyl sites for hydroxylation is 2. The molecule has 0 saturated carbocycles. The molecule has 5 rings (SSSR count). The first-order chi connectivity index (χ1) is 15.2. The van der Waals surface area contributed by atoms with E-state index in [2.05, 4.69) is 66.6 Å². The van der Waals surface area contributed by atoms with Gasteiger partial charge in [-0.25, -0.2) is 4.98 Å². The van der Waals surface area contributed by atoms with E-state index in [1.165, 1.54) is 16.7 Å². The standard InChI is InChI=1S/C23H20N8/c1-15-9-17(3-4-19(15)18-5-6-25-16(2)10-18)12-27-23-30-29-22-11-20(28-14-31(22)23)21-13-24-7-8-26-21/h3-11,13-14H,12H2,1-2H3,(H,27,30). The van der Waals surface area contributed by atoms with Gasteiger partial charge in [0.15, 0.2) is 5.65 Å². The van der Waals surface area contributed by atoms with E-state index in [0.717, 1.165) is 11.3 Å². The average molecular weight is 408 g/mol. The maximum Gasteiger partial charge on any atom is 0.230 e. The van der Waals surface area contributed by atoms with Crippen molar-refractivity contribution >= 4 is 11.6 Å². The van der Waals surface area contributed by atoms with Crippen LogP contribution >= 0.6 is 0 Å². The molecule has 0 spiro atoms. The zero-order valence-corrected chi connectivity index (χ0v) is 17.2. The molecule has 0 radical (unpaired) electrons. The molecular weight excluding hydrogens is 388 g/mol. The molecule has 0 unspecified atom stereocenters. The molecular formula is C23H20N8. The third-order valence-corrected chi connectivity index (χ3v) is 5.08. The Labute approximate surface area is 179 Å². The van der Waals surface area contributed by atoms with Gasteiger partial charge in [-0.05, 0) is 48.2 Å². The maximum atomic E-state index is 4.47. The van der Waals surface area contributed by atoms with Crippen LogP contribution in [0.4, 0.5) is 5.95 Å². The van der Waals surface area contributed by atoms with Gasteiger partial charge in [-0.2, -0.15) is 0 Å². The van der Waals surface area contributed by atoms with Gasteiger partial charge >= 0.3 is 0 Å². The molecule has 1 N–H and O–H groups in total. The minimum atomic E-state index is 0.628. The summed E-state index contributed by atoms with van der Waals surface area (Å²) >= 11 is 0. The summed E-state index contributed by atoms with van der Waals surface area (Å²) in [6.45, 7) is 4.76. The Bertz CT molecular complexity index is 1360. The molecule has 152 valence electrons. The molecule has 4 aromatic heterocycles. The van der Waals surface area contributed by atoms with Gasteiger partial charge in [-0.15, -0.1) is 10.2 Å². The topological polar surface area (TPSA) is 93.8 Å². The number of hydrogen-bond acceptors (Lipinski definition) is 7. The fourth-order valence-electron chi connectivity index (χ4n) is 3.54. The number of nitrogens with one attached hydrogen (secondary N) is 1. The Morgan fingerprint density at radius 3 is 2.61 bits per heavy atom. The molecule has 31 heavy (non-hydrogen) atoms. The van der Waals surface area contributed by atoms with Crippen molar-refractivity contribution in [1.82, 2.24) is 34.5 Å². The van der Waals surface area contributed by atoms with Crippen molar-refractivity contribution in [3.63, 3.8) is 0 Å². The van der Waals surface area contributed by atoms with Gasteiger partial charge in [0.1, 0.15) is 12.0 Å². The van der Waals surface area contributed by atoms with Crippen molar-refractivity contribution in [3.05, 3.63) is 84.3 Å². The lowest BCUT2D eigenvalue weighted by molar-refractivity contribution is 1.01. The van der Waals surface area contributed by atoms with Crippen LogP contribution in [0, 0.1) is 13.8 Å². The van der Waals surface area contributed by atoms with Gasteiger partial charge < -0.3 is 5.32 Å². The monoisotopic (exact) mass is 408 g/mol. The highest BCUT2D eigenvalue weighted by Crippen LogP contribution is 2.25. The van der Waals surface area contributed by atoms with Gasteiger partial charge in [0.05, 0.1) is 11.9 Å². The first-order valence-corrected chi connectivity index (χ1v) is 9.91. The quantitative estimate of drug-likeness (QED) is 0.472. The fourth-order valence-corrected chi connectivity index (χ4v) is 3.54. The minimum absolute atomic E-state index is 0.628. The van der Waals surface area contributed by atoms with E-state index in [4.69, 9.17) is 0 Å². The molecule has 0 saturated heterocycles. The summed E-state index contributed by atoms with van der Waals surface area (Å²) < 4.78 is 1.82. The number of aromatic nitrogens is 7. The van der Waals surface area contributed by atoms with Gasteiger partial charge in [0.25, 0.3) is 0 Å². The zero-order chi connectivity index (χ0) is 21.2. The zero-order valence-electron chi connectivity index (χ0n) is 17.2. The Hall–Kier alpha value is -4.20. The van der Waals surface area contributed by atoms with Crippen LogP contribution in [0.2, 0.25) is 0 Å². The first-order valence-electron chi connectivity index (χ1n) is 9.91. The highest BCUT2D eigenvalue weighted by molar-refractivity contribution is 5.67. The largest absolute Gasteiger partial charge is 0.350 e. The van der Waals surface area contributed by atoms with E-state index in [1.807, 2.05) is 29.7 Å². The number of rotatable bonds is 5. The molecule has 0 aliphatic carbocycles. The van der Waals surface area contributed by atoms with E-state index >= 15 is 0 Å². The average Bonchev–Trinajstić information content (AvgIpc) is 3.20. The second kappa shape index (κ2) is 7.91. The molecule has 8 nitrogen and oxygen atoms in total. The summed E-state index contributed by atoms with van der Waals surface area (Å²) in [4.78, 5) is 17.1. The highest BCUT2D eigenvalue weighted by atomic mass is 15.3. The van der Waals surface area contributed by atoms with Gasteiger partial charge in [0.2, 0.25) is 5.95 Å². The van der Waals surface area contributed by atoms with Crippen molar-refractivity contribution in [2.75, 3.05) is 5.32 Å². The van der Waals surface area contributed by atoms with Crippen molar-refractivity contribution in [2.45, 2.75) is 20.4 Å². The maximum absolute atomic E-state index is 4.47. The Morgan fingerprint density at radius 1 is 0.871 bits per heavy atom.